The number of nitrogens with one attached hydrogen (secondary N) is 1. The van der Waals surface area contributed by atoms with Crippen molar-refractivity contribution in [3.63, 3.8) is 0 Å². The quantitative estimate of drug-likeness (QED) is 0.621. The summed E-state index contributed by atoms with van der Waals surface area (Å²) in [5.74, 6) is -0.893. The molecule has 0 aliphatic heterocycles. The smallest absolute Gasteiger partial charge is 0.304 e. The van der Waals surface area contributed by atoms with Gasteiger partial charge in [0, 0.05) is 5.25 Å². The third kappa shape index (κ3) is 3.56. The number of aromatic amines is 1. The Morgan fingerprint density at radius 2 is 2.47 bits per heavy atom. The zero-order valence-corrected chi connectivity index (χ0v) is 9.43. The molecule has 15 heavy (non-hydrogen) atoms. The van der Waals surface area contributed by atoms with Crippen LogP contribution in [0.5, 0.6) is 0 Å². The minimum atomic E-state index is -0.893. The molecule has 1 heterocycles. The lowest BCUT2D eigenvalue weighted by Crippen LogP contribution is -2.10. The molecule has 0 fully saturated rings. The van der Waals surface area contributed by atoms with Crippen molar-refractivity contribution in [2.75, 3.05) is 0 Å². The standard InChI is InChI=1S/C8H9ClN2O3S/c1-4(2-5(12)13)15-8-6(9)7(14)10-3-11-8/h3-4H,2H2,1H3,(H,12,13)(H,10,11,14). The summed E-state index contributed by atoms with van der Waals surface area (Å²) in [4.78, 5) is 27.7. The van der Waals surface area contributed by atoms with Crippen molar-refractivity contribution in [2.24, 2.45) is 0 Å². The molecule has 82 valence electrons. The van der Waals surface area contributed by atoms with E-state index in [1.165, 1.54) is 18.1 Å². The fraction of sp³-hybridized carbons (Fsp3) is 0.375. The number of nitrogens with zero attached hydrogens (tertiary/aromatic N) is 1. The Morgan fingerprint density at radius 3 is 3.07 bits per heavy atom. The van der Waals surface area contributed by atoms with E-state index in [4.69, 9.17) is 16.7 Å². The summed E-state index contributed by atoms with van der Waals surface area (Å²) >= 11 is 6.87. The minimum Gasteiger partial charge on any atom is -0.481 e. The highest BCUT2D eigenvalue weighted by atomic mass is 35.5. The number of carboxylic acids is 1. The number of H-pyrrole nitrogens is 1. The lowest BCUT2D eigenvalue weighted by atomic mass is 10.3. The van der Waals surface area contributed by atoms with E-state index in [0.29, 0.717) is 5.03 Å². The maximum absolute atomic E-state index is 11.1. The Kier molecular flexibility index (Phi) is 4.16. The molecule has 1 aromatic heterocycles. The number of thioether (sulfide) groups is 1. The average molecular weight is 249 g/mol. The van der Waals surface area contributed by atoms with E-state index < -0.39 is 11.5 Å². The van der Waals surface area contributed by atoms with Crippen LogP contribution in [0.25, 0.3) is 0 Å². The number of carboxylic acid groups (broad SMARTS) is 1. The van der Waals surface area contributed by atoms with Crippen LogP contribution < -0.4 is 5.56 Å². The second kappa shape index (κ2) is 5.18. The summed E-state index contributed by atoms with van der Waals surface area (Å²) in [7, 11) is 0. The van der Waals surface area contributed by atoms with Crippen molar-refractivity contribution in [1.29, 1.82) is 0 Å². The van der Waals surface area contributed by atoms with Gasteiger partial charge in [-0.15, -0.1) is 11.8 Å². The molecule has 0 saturated heterocycles. The molecule has 0 aromatic carbocycles. The van der Waals surface area contributed by atoms with E-state index in [1.807, 2.05) is 0 Å². The molecule has 2 N–H and O–H groups in total. The van der Waals surface area contributed by atoms with Gasteiger partial charge in [-0.2, -0.15) is 0 Å². The summed E-state index contributed by atoms with van der Waals surface area (Å²) in [6, 6.07) is 0. The molecule has 0 amide bonds. The lowest BCUT2D eigenvalue weighted by Gasteiger charge is -2.07. The fourth-order valence-electron chi connectivity index (χ4n) is 0.927. The number of halogens is 1. The van der Waals surface area contributed by atoms with Gasteiger partial charge in [-0.3, -0.25) is 9.59 Å². The fourth-order valence-corrected chi connectivity index (χ4v) is 2.08. The van der Waals surface area contributed by atoms with E-state index in [9.17, 15) is 9.59 Å². The molecule has 1 atom stereocenters. The molecule has 0 saturated carbocycles. The molecular formula is C8H9ClN2O3S. The first-order valence-electron chi connectivity index (χ1n) is 4.12. The number of rotatable bonds is 4. The molecule has 0 bridgehead atoms. The highest BCUT2D eigenvalue weighted by Crippen LogP contribution is 2.26. The number of hydrogen-bond donors (Lipinski definition) is 2. The molecule has 1 unspecified atom stereocenters. The van der Waals surface area contributed by atoms with Crippen LogP contribution in [0.2, 0.25) is 5.02 Å². The van der Waals surface area contributed by atoms with Gasteiger partial charge in [0.25, 0.3) is 5.56 Å². The van der Waals surface area contributed by atoms with Crippen LogP contribution in [0.3, 0.4) is 0 Å². The van der Waals surface area contributed by atoms with Gasteiger partial charge >= 0.3 is 5.97 Å². The van der Waals surface area contributed by atoms with Crippen molar-refractivity contribution >= 4 is 29.3 Å². The highest BCUT2D eigenvalue weighted by molar-refractivity contribution is 8.00. The monoisotopic (exact) mass is 248 g/mol. The van der Waals surface area contributed by atoms with E-state index in [2.05, 4.69) is 9.97 Å². The Labute approximate surface area is 94.9 Å². The molecule has 1 rings (SSSR count). The van der Waals surface area contributed by atoms with Gasteiger partial charge in [0.15, 0.2) is 0 Å². The van der Waals surface area contributed by atoms with Crippen LogP contribution in [0.15, 0.2) is 16.1 Å². The van der Waals surface area contributed by atoms with Crippen molar-refractivity contribution in [1.82, 2.24) is 9.97 Å². The molecule has 7 heteroatoms. The van der Waals surface area contributed by atoms with Crippen LogP contribution in [-0.4, -0.2) is 26.3 Å². The Morgan fingerprint density at radius 1 is 1.80 bits per heavy atom. The first-order chi connectivity index (χ1) is 7.00. The van der Waals surface area contributed by atoms with E-state index >= 15 is 0 Å². The number of aliphatic carboxylic acids is 1. The van der Waals surface area contributed by atoms with Gasteiger partial charge in [-0.25, -0.2) is 4.98 Å². The summed E-state index contributed by atoms with van der Waals surface area (Å²) in [6.45, 7) is 1.73. The van der Waals surface area contributed by atoms with Crippen LogP contribution >= 0.6 is 23.4 Å². The minimum absolute atomic E-state index is 0.000242. The molecule has 1 aromatic rings. The average Bonchev–Trinajstić information content (AvgIpc) is 2.11. The van der Waals surface area contributed by atoms with Gasteiger partial charge in [-0.05, 0) is 0 Å². The molecule has 5 nitrogen and oxygen atoms in total. The van der Waals surface area contributed by atoms with E-state index in [0.717, 1.165) is 0 Å². The van der Waals surface area contributed by atoms with Crippen molar-refractivity contribution in [2.45, 2.75) is 23.6 Å². The SMILES string of the molecule is CC(CC(=O)O)Sc1nc[nH]c(=O)c1Cl. The Hall–Kier alpha value is -1.01. The number of hydrogen-bond acceptors (Lipinski definition) is 4. The second-order valence-electron chi connectivity index (χ2n) is 2.88. The summed E-state index contributed by atoms with van der Waals surface area (Å²) in [5, 5.41) is 8.72. The normalized spacial score (nSPS) is 12.4. The van der Waals surface area contributed by atoms with Crippen molar-refractivity contribution in [3.8, 4) is 0 Å². The highest BCUT2D eigenvalue weighted by Gasteiger charge is 2.13. The largest absolute Gasteiger partial charge is 0.481 e. The van der Waals surface area contributed by atoms with Gasteiger partial charge < -0.3 is 10.1 Å². The van der Waals surface area contributed by atoms with Crippen LogP contribution in [0, 0.1) is 0 Å². The summed E-state index contributed by atoms with van der Waals surface area (Å²) < 4.78 is 0. The van der Waals surface area contributed by atoms with Crippen LogP contribution in [0.4, 0.5) is 0 Å². The van der Waals surface area contributed by atoms with Crippen molar-refractivity contribution < 1.29 is 9.90 Å². The zero-order valence-electron chi connectivity index (χ0n) is 7.86. The van der Waals surface area contributed by atoms with Crippen LogP contribution in [-0.2, 0) is 4.79 Å². The van der Waals surface area contributed by atoms with Gasteiger partial charge in [0.2, 0.25) is 0 Å². The summed E-state index contributed by atoms with van der Waals surface area (Å²) in [5.41, 5.74) is -0.420. The van der Waals surface area contributed by atoms with Gasteiger partial charge in [0.05, 0.1) is 12.7 Å². The first-order valence-corrected chi connectivity index (χ1v) is 5.38. The van der Waals surface area contributed by atoms with E-state index in [-0.39, 0.29) is 16.7 Å². The molecule has 0 aliphatic rings. The third-order valence-electron chi connectivity index (χ3n) is 1.54. The predicted octanol–water partition coefficient (Wildman–Crippen LogP) is 1.38. The Balaban J connectivity index is 2.76. The molecule has 0 spiro atoms. The van der Waals surface area contributed by atoms with Gasteiger partial charge in [0.1, 0.15) is 10.0 Å². The van der Waals surface area contributed by atoms with Gasteiger partial charge in [-0.1, -0.05) is 18.5 Å². The zero-order chi connectivity index (χ0) is 11.4. The number of aromatic nitrogens is 2. The summed E-state index contributed by atoms with van der Waals surface area (Å²) in [6.07, 6.45) is 1.24. The maximum atomic E-state index is 11.1. The predicted molar refractivity (Wildman–Crippen MR) is 57.4 cm³/mol. The Bertz CT molecular complexity index is 421. The topological polar surface area (TPSA) is 83.0 Å². The van der Waals surface area contributed by atoms with E-state index in [1.54, 1.807) is 6.92 Å². The molecule has 0 aliphatic carbocycles. The van der Waals surface area contributed by atoms with Crippen molar-refractivity contribution in [3.05, 3.63) is 21.7 Å². The number of carbonyl (C=O) groups is 1. The molecule has 0 radical (unpaired) electrons. The lowest BCUT2D eigenvalue weighted by molar-refractivity contribution is -0.136. The first kappa shape index (κ1) is 12.1. The third-order valence-corrected chi connectivity index (χ3v) is 3.10. The van der Waals surface area contributed by atoms with Crippen LogP contribution in [0.1, 0.15) is 13.3 Å². The molecular weight excluding hydrogens is 240 g/mol. The second-order valence-corrected chi connectivity index (χ2v) is 4.68. The maximum Gasteiger partial charge on any atom is 0.304 e.